The number of aliphatic carboxylic acids is 1. The molecule has 1 rings (SSSR count). The van der Waals surface area contributed by atoms with Crippen LogP contribution in [0, 0.1) is 0 Å². The molecule has 0 aromatic heterocycles. The number of amides is 1. The average Bonchev–Trinajstić information content (AvgIpc) is 2.33. The number of thioether (sulfide) groups is 1. The smallest absolute Gasteiger partial charge is 0.303 e. The van der Waals surface area contributed by atoms with E-state index >= 15 is 0 Å². The Morgan fingerprint density at radius 1 is 1.42 bits per heavy atom. The Labute approximate surface area is 120 Å². The van der Waals surface area contributed by atoms with Crippen molar-refractivity contribution in [3.8, 4) is 0 Å². The third-order valence-corrected chi connectivity index (χ3v) is 3.54. The first-order chi connectivity index (χ1) is 8.99. The molecule has 0 radical (unpaired) electrons. The van der Waals surface area contributed by atoms with Gasteiger partial charge in [-0.25, -0.2) is 0 Å². The minimum Gasteiger partial charge on any atom is -0.481 e. The Balaban J connectivity index is 2.28. The van der Waals surface area contributed by atoms with E-state index in [1.54, 1.807) is 18.2 Å². The number of rotatable bonds is 7. The van der Waals surface area contributed by atoms with Crippen LogP contribution in [0.15, 0.2) is 23.1 Å². The molecule has 0 saturated carbocycles. The lowest BCUT2D eigenvalue weighted by Crippen LogP contribution is -2.26. The molecule has 0 spiro atoms. The van der Waals surface area contributed by atoms with E-state index in [-0.39, 0.29) is 18.1 Å². The molecule has 4 N–H and O–H groups in total. The van der Waals surface area contributed by atoms with Crippen molar-refractivity contribution >= 4 is 40.9 Å². The van der Waals surface area contributed by atoms with E-state index in [1.165, 1.54) is 11.8 Å². The number of carboxylic acid groups (broad SMARTS) is 1. The van der Waals surface area contributed by atoms with E-state index in [4.69, 9.17) is 22.4 Å². The van der Waals surface area contributed by atoms with Crippen LogP contribution in [0.4, 0.5) is 5.69 Å². The molecular weight excluding hydrogens is 288 g/mol. The van der Waals surface area contributed by atoms with E-state index < -0.39 is 5.97 Å². The third kappa shape index (κ3) is 6.35. The van der Waals surface area contributed by atoms with E-state index in [0.29, 0.717) is 23.7 Å². The number of anilines is 1. The molecule has 0 aliphatic carbocycles. The fourth-order valence-corrected chi connectivity index (χ4v) is 2.27. The van der Waals surface area contributed by atoms with Gasteiger partial charge in [-0.3, -0.25) is 9.59 Å². The molecule has 0 fully saturated rings. The van der Waals surface area contributed by atoms with E-state index in [1.807, 2.05) is 0 Å². The van der Waals surface area contributed by atoms with Crippen LogP contribution >= 0.6 is 23.4 Å². The first-order valence-electron chi connectivity index (χ1n) is 5.65. The summed E-state index contributed by atoms with van der Waals surface area (Å²) in [6, 6.07) is 5.11. The zero-order valence-electron chi connectivity index (χ0n) is 10.2. The molecule has 1 amide bonds. The van der Waals surface area contributed by atoms with Crippen LogP contribution in [0.5, 0.6) is 0 Å². The number of carbonyl (C=O) groups excluding carboxylic acids is 1. The monoisotopic (exact) mass is 302 g/mol. The number of halogens is 1. The number of carboxylic acids is 1. The highest BCUT2D eigenvalue weighted by Crippen LogP contribution is 2.27. The molecule has 1 aromatic rings. The van der Waals surface area contributed by atoms with Gasteiger partial charge >= 0.3 is 5.97 Å². The highest BCUT2D eigenvalue weighted by Gasteiger charge is 2.06. The van der Waals surface area contributed by atoms with Crippen molar-refractivity contribution in [3.63, 3.8) is 0 Å². The zero-order valence-corrected chi connectivity index (χ0v) is 11.8. The summed E-state index contributed by atoms with van der Waals surface area (Å²) in [7, 11) is 0. The van der Waals surface area contributed by atoms with Crippen molar-refractivity contribution in [2.75, 3.05) is 18.0 Å². The van der Waals surface area contributed by atoms with Gasteiger partial charge in [0, 0.05) is 28.6 Å². The molecule has 0 unspecified atom stereocenters. The van der Waals surface area contributed by atoms with Crippen molar-refractivity contribution in [1.82, 2.24) is 5.32 Å². The van der Waals surface area contributed by atoms with Gasteiger partial charge in [0.1, 0.15) is 0 Å². The molecule has 1 aromatic carbocycles. The highest BCUT2D eigenvalue weighted by molar-refractivity contribution is 8.00. The van der Waals surface area contributed by atoms with Crippen LogP contribution in [0.2, 0.25) is 5.02 Å². The fourth-order valence-electron chi connectivity index (χ4n) is 1.31. The number of nitrogens with two attached hydrogens (primary N) is 1. The number of hydrogen-bond donors (Lipinski definition) is 3. The van der Waals surface area contributed by atoms with Gasteiger partial charge in [-0.15, -0.1) is 11.8 Å². The molecule has 0 aliphatic rings. The van der Waals surface area contributed by atoms with Crippen LogP contribution < -0.4 is 11.1 Å². The molecule has 0 saturated heterocycles. The summed E-state index contributed by atoms with van der Waals surface area (Å²) in [5.41, 5.74) is 6.30. The van der Waals surface area contributed by atoms with E-state index in [9.17, 15) is 9.59 Å². The van der Waals surface area contributed by atoms with Crippen LogP contribution in [-0.2, 0) is 9.59 Å². The quantitative estimate of drug-likeness (QED) is 0.407. The van der Waals surface area contributed by atoms with Crippen LogP contribution in [0.25, 0.3) is 0 Å². The second-order valence-corrected chi connectivity index (χ2v) is 5.27. The molecular formula is C12H15ClN2O3S. The van der Waals surface area contributed by atoms with Crippen LogP contribution in [0.3, 0.4) is 0 Å². The summed E-state index contributed by atoms with van der Waals surface area (Å²) in [5.74, 6) is -0.777. The average molecular weight is 303 g/mol. The van der Waals surface area contributed by atoms with Gasteiger partial charge in [-0.1, -0.05) is 11.6 Å². The predicted octanol–water partition coefficient (Wildman–Crippen LogP) is 2.00. The number of carbonyl (C=O) groups is 2. The zero-order chi connectivity index (χ0) is 14.3. The van der Waals surface area contributed by atoms with Crippen molar-refractivity contribution in [2.24, 2.45) is 0 Å². The number of nitrogen functional groups attached to an aromatic ring is 1. The maximum Gasteiger partial charge on any atom is 0.303 e. The first-order valence-corrected chi connectivity index (χ1v) is 7.01. The standard InChI is InChI=1S/C12H15ClN2O3S/c13-8-3-4-10(9(14)6-8)19-7-11(16)15-5-1-2-12(17)18/h3-4,6H,1-2,5,7,14H2,(H,15,16)(H,17,18). The van der Waals surface area contributed by atoms with Gasteiger partial charge < -0.3 is 16.2 Å². The first kappa shape index (κ1) is 15.7. The highest BCUT2D eigenvalue weighted by atomic mass is 35.5. The SMILES string of the molecule is Nc1cc(Cl)ccc1SCC(=O)NCCCC(=O)O. The number of hydrogen-bond acceptors (Lipinski definition) is 4. The second kappa shape index (κ2) is 7.91. The van der Waals surface area contributed by atoms with Gasteiger partial charge in [0.05, 0.1) is 5.75 Å². The Morgan fingerprint density at radius 2 is 2.16 bits per heavy atom. The summed E-state index contributed by atoms with van der Waals surface area (Å²) in [6.45, 7) is 0.363. The van der Waals surface area contributed by atoms with Gasteiger partial charge in [-0.05, 0) is 24.6 Å². The lowest BCUT2D eigenvalue weighted by atomic mass is 10.3. The maximum absolute atomic E-state index is 11.5. The normalized spacial score (nSPS) is 10.2. The van der Waals surface area contributed by atoms with Crippen LogP contribution in [-0.4, -0.2) is 29.3 Å². The van der Waals surface area contributed by atoms with Gasteiger partial charge in [0.25, 0.3) is 0 Å². The van der Waals surface area contributed by atoms with Crippen LogP contribution in [0.1, 0.15) is 12.8 Å². The Hall–Kier alpha value is -1.40. The summed E-state index contributed by atoms with van der Waals surface area (Å²) in [5, 5.41) is 11.6. The molecule has 0 aliphatic heterocycles. The van der Waals surface area contributed by atoms with Gasteiger partial charge in [0.15, 0.2) is 0 Å². The molecule has 0 bridgehead atoms. The molecule has 7 heteroatoms. The minimum absolute atomic E-state index is 0.0531. The van der Waals surface area contributed by atoms with E-state index in [0.717, 1.165) is 4.90 Å². The molecule has 19 heavy (non-hydrogen) atoms. The summed E-state index contributed by atoms with van der Waals surface area (Å²) in [6.07, 6.45) is 0.479. The summed E-state index contributed by atoms with van der Waals surface area (Å²) < 4.78 is 0. The minimum atomic E-state index is -0.863. The summed E-state index contributed by atoms with van der Waals surface area (Å²) in [4.78, 5) is 22.6. The summed E-state index contributed by atoms with van der Waals surface area (Å²) >= 11 is 7.09. The molecule has 0 heterocycles. The molecule has 104 valence electrons. The van der Waals surface area contributed by atoms with Crippen molar-refractivity contribution in [3.05, 3.63) is 23.2 Å². The lowest BCUT2D eigenvalue weighted by molar-refractivity contribution is -0.137. The van der Waals surface area contributed by atoms with Crippen molar-refractivity contribution in [1.29, 1.82) is 0 Å². The number of nitrogens with one attached hydrogen (secondary N) is 1. The molecule has 0 atom stereocenters. The van der Waals surface area contributed by atoms with Crippen molar-refractivity contribution < 1.29 is 14.7 Å². The molecule has 5 nitrogen and oxygen atoms in total. The maximum atomic E-state index is 11.5. The van der Waals surface area contributed by atoms with Crippen molar-refractivity contribution in [2.45, 2.75) is 17.7 Å². The second-order valence-electron chi connectivity index (χ2n) is 3.82. The Kier molecular flexibility index (Phi) is 6.52. The number of benzene rings is 1. The van der Waals surface area contributed by atoms with E-state index in [2.05, 4.69) is 5.32 Å². The lowest BCUT2D eigenvalue weighted by Gasteiger charge is -2.06. The topological polar surface area (TPSA) is 92.4 Å². The Bertz CT molecular complexity index is 468. The van der Waals surface area contributed by atoms with Gasteiger partial charge in [0.2, 0.25) is 5.91 Å². The largest absolute Gasteiger partial charge is 0.481 e. The Morgan fingerprint density at radius 3 is 2.79 bits per heavy atom. The fraction of sp³-hybridized carbons (Fsp3) is 0.333. The third-order valence-electron chi connectivity index (χ3n) is 2.22. The van der Waals surface area contributed by atoms with Gasteiger partial charge in [-0.2, -0.15) is 0 Å². The predicted molar refractivity (Wildman–Crippen MR) is 76.5 cm³/mol.